The first-order valence-electron chi connectivity index (χ1n) is 7.31. The van der Waals surface area contributed by atoms with Crippen LogP contribution in [0, 0.1) is 27.7 Å². The van der Waals surface area contributed by atoms with Crippen LogP contribution in [0.1, 0.15) is 50.5 Å². The molecular weight excluding hydrogens is 316 g/mol. The number of Topliss-reactive ketones (excluding diaryl/α,β-unsaturated/α-hetero) is 1. The van der Waals surface area contributed by atoms with E-state index in [4.69, 9.17) is 9.15 Å². The summed E-state index contributed by atoms with van der Waals surface area (Å²) in [6, 6.07) is 0. The van der Waals surface area contributed by atoms with Gasteiger partial charge in [-0.05, 0) is 40.2 Å². The Kier molecular flexibility index (Phi) is 5.30. The van der Waals surface area contributed by atoms with Crippen molar-refractivity contribution < 1.29 is 18.7 Å². The number of H-pyrrole nitrogens is 1. The van der Waals surface area contributed by atoms with Gasteiger partial charge in [0.15, 0.2) is 5.78 Å². The van der Waals surface area contributed by atoms with Crippen molar-refractivity contribution in [3.8, 4) is 0 Å². The van der Waals surface area contributed by atoms with Crippen molar-refractivity contribution in [2.75, 3.05) is 12.4 Å². The molecule has 0 radical (unpaired) electrons. The highest BCUT2D eigenvalue weighted by molar-refractivity contribution is 7.99. The van der Waals surface area contributed by atoms with Gasteiger partial charge in [-0.25, -0.2) is 9.78 Å². The first-order valence-corrected chi connectivity index (χ1v) is 8.30. The summed E-state index contributed by atoms with van der Waals surface area (Å²) < 4.78 is 10.5. The summed E-state index contributed by atoms with van der Waals surface area (Å²) in [4.78, 5) is 31.6. The van der Waals surface area contributed by atoms with Crippen LogP contribution in [-0.2, 0) is 4.74 Å². The highest BCUT2D eigenvalue weighted by atomic mass is 32.2. The fourth-order valence-electron chi connectivity index (χ4n) is 2.24. The van der Waals surface area contributed by atoms with Gasteiger partial charge in [-0.15, -0.1) is 0 Å². The van der Waals surface area contributed by atoms with E-state index in [0.29, 0.717) is 34.3 Å². The van der Waals surface area contributed by atoms with E-state index in [-0.39, 0.29) is 11.5 Å². The van der Waals surface area contributed by atoms with Gasteiger partial charge in [0.05, 0.1) is 29.3 Å². The third-order valence-corrected chi connectivity index (χ3v) is 4.36. The molecule has 2 rings (SSSR count). The molecule has 0 fully saturated rings. The van der Waals surface area contributed by atoms with Crippen molar-refractivity contribution in [1.82, 2.24) is 9.97 Å². The maximum atomic E-state index is 12.4. The van der Waals surface area contributed by atoms with Crippen LogP contribution in [0.3, 0.4) is 0 Å². The van der Waals surface area contributed by atoms with Crippen LogP contribution in [0.25, 0.3) is 0 Å². The van der Waals surface area contributed by atoms with Gasteiger partial charge >= 0.3 is 5.97 Å². The first kappa shape index (κ1) is 17.3. The Morgan fingerprint density at radius 1 is 1.26 bits per heavy atom. The topological polar surface area (TPSA) is 85.2 Å². The summed E-state index contributed by atoms with van der Waals surface area (Å²) >= 11 is 1.24. The fourth-order valence-corrected chi connectivity index (χ4v) is 3.03. The predicted molar refractivity (Wildman–Crippen MR) is 87.3 cm³/mol. The molecule has 0 atom stereocenters. The quantitative estimate of drug-likeness (QED) is 0.494. The smallest absolute Gasteiger partial charge is 0.340 e. The van der Waals surface area contributed by atoms with Crippen LogP contribution in [0.2, 0.25) is 0 Å². The zero-order chi connectivity index (χ0) is 17.1. The number of oxazole rings is 1. The SMILES string of the molecule is CCOC(=O)c1c(C)[nH]c(C(=O)CSc2nc(C)c(C)o2)c1C. The van der Waals surface area contributed by atoms with Gasteiger partial charge in [-0.3, -0.25) is 4.79 Å². The minimum Gasteiger partial charge on any atom is -0.462 e. The van der Waals surface area contributed by atoms with Gasteiger partial charge in [-0.2, -0.15) is 0 Å². The molecule has 0 aliphatic carbocycles. The van der Waals surface area contributed by atoms with Crippen molar-refractivity contribution in [2.45, 2.75) is 39.8 Å². The number of nitrogens with one attached hydrogen (secondary N) is 1. The zero-order valence-electron chi connectivity index (χ0n) is 13.9. The Bertz CT molecular complexity index is 726. The molecule has 23 heavy (non-hydrogen) atoms. The second kappa shape index (κ2) is 7.04. The van der Waals surface area contributed by atoms with Gasteiger partial charge in [-0.1, -0.05) is 11.8 Å². The average molecular weight is 336 g/mol. The van der Waals surface area contributed by atoms with Crippen LogP contribution in [0.15, 0.2) is 9.64 Å². The normalized spacial score (nSPS) is 10.8. The molecule has 0 amide bonds. The number of aromatic nitrogens is 2. The molecule has 2 aromatic heterocycles. The number of hydrogen-bond acceptors (Lipinski definition) is 6. The number of ketones is 1. The standard InChI is InChI=1S/C16H20N2O4S/c1-6-21-15(20)13-8(2)14(17-10(13)4)12(19)7-23-16-18-9(3)11(5)22-16/h17H,6-7H2,1-5H3. The Balaban J connectivity index is 2.13. The predicted octanol–water partition coefficient (Wildman–Crippen LogP) is 3.39. The largest absolute Gasteiger partial charge is 0.462 e. The second-order valence-electron chi connectivity index (χ2n) is 5.18. The number of rotatable bonds is 6. The van der Waals surface area contributed by atoms with Crippen molar-refractivity contribution in [2.24, 2.45) is 0 Å². The van der Waals surface area contributed by atoms with E-state index in [9.17, 15) is 9.59 Å². The molecule has 7 heteroatoms. The molecule has 6 nitrogen and oxygen atoms in total. The van der Waals surface area contributed by atoms with E-state index < -0.39 is 5.97 Å². The number of carbonyl (C=O) groups is 2. The Labute approximate surface area is 139 Å². The van der Waals surface area contributed by atoms with Gasteiger partial charge in [0.2, 0.25) is 0 Å². The number of aryl methyl sites for hydroxylation is 3. The number of hydrogen-bond donors (Lipinski definition) is 1. The molecule has 2 aromatic rings. The summed E-state index contributed by atoms with van der Waals surface area (Å²) in [5, 5.41) is 0.472. The summed E-state index contributed by atoms with van der Waals surface area (Å²) in [7, 11) is 0. The first-order chi connectivity index (χ1) is 10.8. The lowest BCUT2D eigenvalue weighted by Crippen LogP contribution is -2.08. The Hall–Kier alpha value is -2.02. The Morgan fingerprint density at radius 2 is 1.96 bits per heavy atom. The maximum absolute atomic E-state index is 12.4. The molecule has 0 aliphatic heterocycles. The lowest BCUT2D eigenvalue weighted by atomic mass is 10.1. The van der Waals surface area contributed by atoms with Gasteiger partial charge in [0.1, 0.15) is 5.76 Å². The molecule has 2 heterocycles. The lowest BCUT2D eigenvalue weighted by Gasteiger charge is -2.02. The molecule has 0 saturated heterocycles. The average Bonchev–Trinajstić information content (AvgIpc) is 2.96. The van der Waals surface area contributed by atoms with Crippen LogP contribution >= 0.6 is 11.8 Å². The number of carbonyl (C=O) groups excluding carboxylic acids is 2. The minimum absolute atomic E-state index is 0.111. The molecule has 124 valence electrons. The minimum atomic E-state index is -0.413. The zero-order valence-corrected chi connectivity index (χ0v) is 14.7. The summed E-state index contributed by atoms with van der Waals surface area (Å²) in [6.07, 6.45) is 0. The molecule has 0 spiro atoms. The number of esters is 1. The highest BCUT2D eigenvalue weighted by Gasteiger charge is 2.23. The maximum Gasteiger partial charge on any atom is 0.340 e. The molecule has 0 aromatic carbocycles. The Morgan fingerprint density at radius 3 is 2.52 bits per heavy atom. The van der Waals surface area contributed by atoms with Crippen LogP contribution in [-0.4, -0.2) is 34.1 Å². The van der Waals surface area contributed by atoms with Gasteiger partial charge < -0.3 is 14.1 Å². The monoisotopic (exact) mass is 336 g/mol. The second-order valence-corrected chi connectivity index (χ2v) is 6.11. The van der Waals surface area contributed by atoms with E-state index in [2.05, 4.69) is 9.97 Å². The van der Waals surface area contributed by atoms with Crippen LogP contribution < -0.4 is 0 Å². The number of nitrogens with zero attached hydrogens (tertiary/aromatic N) is 1. The van der Waals surface area contributed by atoms with E-state index in [1.54, 1.807) is 20.8 Å². The third-order valence-electron chi connectivity index (χ3n) is 3.53. The van der Waals surface area contributed by atoms with E-state index in [0.717, 1.165) is 11.5 Å². The lowest BCUT2D eigenvalue weighted by molar-refractivity contribution is 0.0525. The molecule has 1 N–H and O–H groups in total. The fraction of sp³-hybridized carbons (Fsp3) is 0.438. The van der Waals surface area contributed by atoms with Gasteiger partial charge in [0, 0.05) is 5.69 Å². The molecule has 0 saturated carbocycles. The van der Waals surface area contributed by atoms with Crippen LogP contribution in [0.5, 0.6) is 0 Å². The summed E-state index contributed by atoms with van der Waals surface area (Å²) in [5.74, 6) is 0.406. The summed E-state index contributed by atoms with van der Waals surface area (Å²) in [5.41, 5.74) is 2.93. The van der Waals surface area contributed by atoms with Crippen molar-refractivity contribution in [1.29, 1.82) is 0 Å². The molecule has 0 aliphatic rings. The van der Waals surface area contributed by atoms with Gasteiger partial charge in [0.25, 0.3) is 5.22 Å². The van der Waals surface area contributed by atoms with E-state index >= 15 is 0 Å². The highest BCUT2D eigenvalue weighted by Crippen LogP contribution is 2.24. The number of ether oxygens (including phenoxy) is 1. The van der Waals surface area contributed by atoms with Crippen LogP contribution in [0.4, 0.5) is 0 Å². The number of aromatic amines is 1. The van der Waals surface area contributed by atoms with Crippen molar-refractivity contribution >= 4 is 23.5 Å². The molecule has 0 bridgehead atoms. The number of thioether (sulfide) groups is 1. The summed E-state index contributed by atoms with van der Waals surface area (Å²) in [6.45, 7) is 9.23. The third kappa shape index (κ3) is 3.67. The molecule has 0 unspecified atom stereocenters. The van der Waals surface area contributed by atoms with Crippen molar-refractivity contribution in [3.05, 3.63) is 34.0 Å². The van der Waals surface area contributed by atoms with E-state index in [1.165, 1.54) is 11.8 Å². The van der Waals surface area contributed by atoms with Crippen molar-refractivity contribution in [3.63, 3.8) is 0 Å². The van der Waals surface area contributed by atoms with E-state index in [1.807, 2.05) is 13.8 Å². The molecular formula is C16H20N2O4S.